The molecule has 76 heavy (non-hydrogen) atoms. The second-order valence-electron chi connectivity index (χ2n) is 27.1. The first-order valence-corrected chi connectivity index (χ1v) is 34.0. The number of hydrogen-bond acceptors (Lipinski definition) is 6. The summed E-state index contributed by atoms with van der Waals surface area (Å²) in [4.78, 5) is 25.9. The van der Waals surface area contributed by atoms with Crippen LogP contribution in [-0.4, -0.2) is 50.7 Å². The van der Waals surface area contributed by atoms with Crippen LogP contribution in [0.15, 0.2) is 140 Å². The standard InChI is InChI=1S/C67H78N6OSi2/c1-64(2,3)49-36-47(35-48(37-49)55-39-46(33-34-68-55)42-23-20-19-21-24-42)51-25-22-26-57-58(51)69-61(52-40-50(65(4,5)6)41-54(59(52)74)67(10,11)12)73(57)56-32-31-45(38-53(56)66(7,8)9)43-27-29-44(30-28-43)60-70-62(75(13,14)15)72-63(71-60)76(16,17)18/h19-41,74H,1-18H3. The van der Waals surface area contributed by atoms with Gasteiger partial charge in [-0.25, -0.2) is 19.9 Å². The molecule has 0 amide bonds. The summed E-state index contributed by atoms with van der Waals surface area (Å²) in [5.41, 5.74) is 18.3. The van der Waals surface area contributed by atoms with Crippen molar-refractivity contribution in [3.05, 3.63) is 162 Å². The molecule has 9 aromatic rings. The number of aromatic nitrogens is 6. The first kappa shape index (κ1) is 54.0. The van der Waals surface area contributed by atoms with E-state index in [1.165, 1.54) is 5.56 Å². The molecule has 1 N–H and O–H groups in total. The molecular weight excluding hydrogens is 961 g/mol. The summed E-state index contributed by atoms with van der Waals surface area (Å²) < 4.78 is 2.31. The second kappa shape index (κ2) is 19.3. The van der Waals surface area contributed by atoms with Gasteiger partial charge in [-0.15, -0.1) is 0 Å². The summed E-state index contributed by atoms with van der Waals surface area (Å²) >= 11 is 0. The zero-order valence-electron chi connectivity index (χ0n) is 48.4. The average molecular weight is 1040 g/mol. The van der Waals surface area contributed by atoms with Gasteiger partial charge in [-0.05, 0) is 115 Å². The minimum absolute atomic E-state index is 0.159. The highest BCUT2D eigenvalue weighted by atomic mass is 28.3. The van der Waals surface area contributed by atoms with E-state index in [-0.39, 0.29) is 27.4 Å². The van der Waals surface area contributed by atoms with Gasteiger partial charge in [-0.1, -0.05) is 207 Å². The number of benzene rings is 6. The Balaban J connectivity index is 1.28. The summed E-state index contributed by atoms with van der Waals surface area (Å²) in [7, 11) is -3.63. The van der Waals surface area contributed by atoms with E-state index in [1.807, 2.05) is 6.20 Å². The first-order chi connectivity index (χ1) is 35.4. The molecule has 390 valence electrons. The van der Waals surface area contributed by atoms with Crippen molar-refractivity contribution in [3.8, 4) is 78.9 Å². The zero-order chi connectivity index (χ0) is 55.1. The molecule has 6 aromatic carbocycles. The molecule has 9 heteroatoms. The summed E-state index contributed by atoms with van der Waals surface area (Å²) in [5, 5.41) is 12.7. The number of phenols is 1. The molecule has 7 nitrogen and oxygen atoms in total. The van der Waals surface area contributed by atoms with Crippen molar-refractivity contribution in [1.82, 2.24) is 29.5 Å². The number of phenolic OH excluding ortho intramolecular Hbond substituents is 1. The van der Waals surface area contributed by atoms with E-state index >= 15 is 0 Å². The monoisotopic (exact) mass is 1040 g/mol. The molecule has 0 fully saturated rings. The van der Waals surface area contributed by atoms with Crippen molar-refractivity contribution in [3.63, 3.8) is 0 Å². The van der Waals surface area contributed by atoms with E-state index in [2.05, 4.69) is 260 Å². The fraction of sp³-hybridized carbons (Fsp3) is 0.328. The zero-order valence-corrected chi connectivity index (χ0v) is 50.4. The molecule has 0 aliphatic carbocycles. The number of para-hydroxylation sites is 1. The molecule has 0 spiro atoms. The van der Waals surface area contributed by atoms with Crippen molar-refractivity contribution >= 4 is 38.1 Å². The third-order valence-corrected chi connectivity index (χ3v) is 17.6. The quantitative estimate of drug-likeness (QED) is 0.145. The second-order valence-corrected chi connectivity index (χ2v) is 37.0. The van der Waals surface area contributed by atoms with Crippen LogP contribution in [0.1, 0.15) is 105 Å². The van der Waals surface area contributed by atoms with Crippen LogP contribution in [0.5, 0.6) is 5.75 Å². The van der Waals surface area contributed by atoms with Gasteiger partial charge < -0.3 is 5.11 Å². The topological polar surface area (TPSA) is 89.6 Å². The third kappa shape index (κ3) is 10.9. The number of hydrogen-bond donors (Lipinski definition) is 1. The van der Waals surface area contributed by atoms with E-state index in [0.717, 1.165) is 100 Å². The van der Waals surface area contributed by atoms with E-state index < -0.39 is 16.1 Å². The average Bonchev–Trinajstić information content (AvgIpc) is 3.79. The van der Waals surface area contributed by atoms with Crippen LogP contribution < -0.4 is 10.9 Å². The predicted molar refractivity (Wildman–Crippen MR) is 327 cm³/mol. The molecule has 0 unspecified atom stereocenters. The van der Waals surface area contributed by atoms with Crippen molar-refractivity contribution in [2.45, 2.75) is 144 Å². The van der Waals surface area contributed by atoms with E-state index in [1.54, 1.807) is 0 Å². The molecule has 3 heterocycles. The number of imidazole rings is 1. The maximum absolute atomic E-state index is 12.7. The Hall–Kier alpha value is -6.82. The minimum Gasteiger partial charge on any atom is -0.507 e. The van der Waals surface area contributed by atoms with Crippen LogP contribution in [-0.2, 0) is 21.7 Å². The molecule has 0 saturated heterocycles. The van der Waals surface area contributed by atoms with Crippen LogP contribution in [0.2, 0.25) is 39.3 Å². The maximum Gasteiger partial charge on any atom is 0.162 e. The van der Waals surface area contributed by atoms with Gasteiger partial charge in [0, 0.05) is 28.5 Å². The molecule has 0 radical (unpaired) electrons. The van der Waals surface area contributed by atoms with Crippen molar-refractivity contribution in [1.29, 1.82) is 0 Å². The Bertz CT molecular complexity index is 3610. The molecule has 0 aliphatic rings. The maximum atomic E-state index is 12.7. The van der Waals surface area contributed by atoms with Gasteiger partial charge >= 0.3 is 0 Å². The third-order valence-electron chi connectivity index (χ3n) is 14.5. The van der Waals surface area contributed by atoms with Gasteiger partial charge in [0.05, 0.1) is 28.0 Å². The lowest BCUT2D eigenvalue weighted by Gasteiger charge is -2.28. The molecule has 0 atom stereocenters. The Labute approximate surface area is 455 Å². The number of fused-ring (bicyclic) bond motifs is 1. The van der Waals surface area contributed by atoms with Crippen LogP contribution in [0.4, 0.5) is 0 Å². The first-order valence-electron chi connectivity index (χ1n) is 27.0. The Morgan fingerprint density at radius 3 is 1.57 bits per heavy atom. The van der Waals surface area contributed by atoms with Gasteiger partial charge in [0.1, 0.15) is 38.6 Å². The highest BCUT2D eigenvalue weighted by Gasteiger charge is 2.32. The lowest BCUT2D eigenvalue weighted by Crippen LogP contribution is -2.52. The van der Waals surface area contributed by atoms with Crippen molar-refractivity contribution < 1.29 is 5.11 Å². The Morgan fingerprint density at radius 2 is 0.974 bits per heavy atom. The Morgan fingerprint density at radius 1 is 0.421 bits per heavy atom. The lowest BCUT2D eigenvalue weighted by atomic mass is 9.78. The number of aromatic hydroxyl groups is 1. The Kier molecular flexibility index (Phi) is 13.7. The van der Waals surface area contributed by atoms with Crippen LogP contribution in [0.3, 0.4) is 0 Å². The lowest BCUT2D eigenvalue weighted by molar-refractivity contribution is 0.446. The fourth-order valence-corrected chi connectivity index (χ4v) is 11.7. The number of nitrogens with zero attached hydrogens (tertiary/aromatic N) is 6. The smallest absolute Gasteiger partial charge is 0.162 e. The fourth-order valence-electron chi connectivity index (χ4n) is 9.83. The summed E-state index contributed by atoms with van der Waals surface area (Å²) in [6, 6.07) is 48.1. The van der Waals surface area contributed by atoms with Crippen LogP contribution in [0.25, 0.3) is 84.1 Å². The molecule has 0 aliphatic heterocycles. The minimum atomic E-state index is -1.81. The van der Waals surface area contributed by atoms with Crippen molar-refractivity contribution in [2.75, 3.05) is 0 Å². The van der Waals surface area contributed by atoms with Gasteiger partial charge in [-0.3, -0.25) is 9.55 Å². The van der Waals surface area contributed by atoms with Gasteiger partial charge in [0.25, 0.3) is 0 Å². The predicted octanol–water partition coefficient (Wildman–Crippen LogP) is 16.6. The summed E-state index contributed by atoms with van der Waals surface area (Å²) in [6.45, 7) is 40.7. The normalized spacial score (nSPS) is 12.9. The highest BCUT2D eigenvalue weighted by Crippen LogP contribution is 2.46. The van der Waals surface area contributed by atoms with Gasteiger partial charge in [-0.2, -0.15) is 0 Å². The van der Waals surface area contributed by atoms with Gasteiger partial charge in [0.15, 0.2) is 5.82 Å². The molecule has 3 aromatic heterocycles. The molecule has 0 bridgehead atoms. The number of rotatable bonds is 9. The van der Waals surface area contributed by atoms with Crippen LogP contribution >= 0.6 is 0 Å². The summed E-state index contributed by atoms with van der Waals surface area (Å²) in [5.74, 6) is 1.70. The number of pyridine rings is 1. The summed E-state index contributed by atoms with van der Waals surface area (Å²) in [6.07, 6.45) is 1.91. The van der Waals surface area contributed by atoms with E-state index in [4.69, 9.17) is 24.9 Å². The largest absolute Gasteiger partial charge is 0.507 e. The molecule has 9 rings (SSSR count). The van der Waals surface area contributed by atoms with E-state index in [0.29, 0.717) is 11.4 Å². The van der Waals surface area contributed by atoms with Gasteiger partial charge in [0.2, 0.25) is 0 Å². The highest BCUT2D eigenvalue weighted by molar-refractivity contribution is 6.89. The molecule has 0 saturated carbocycles. The molecular formula is C67H78N6OSi2. The van der Waals surface area contributed by atoms with Crippen molar-refractivity contribution in [2.24, 2.45) is 0 Å². The SMILES string of the molecule is CC(C)(C)c1cc(-c2cc(-c3ccccc3)ccn2)cc(-c2cccc3c2nc(-c2cc(C(C)(C)C)cc(C(C)(C)C)c2O)n3-c2ccc(-c3ccc(-c4nc([Si](C)(C)C)nc([Si](C)(C)C)n4)cc3)cc2C(C)(C)C)c1. The van der Waals surface area contributed by atoms with E-state index in [9.17, 15) is 5.11 Å². The van der Waals surface area contributed by atoms with Crippen LogP contribution in [0, 0.1) is 0 Å².